The van der Waals surface area contributed by atoms with Crippen LogP contribution >= 0.6 is 0 Å². The van der Waals surface area contributed by atoms with Crippen molar-refractivity contribution in [2.24, 2.45) is 0 Å². The summed E-state index contributed by atoms with van der Waals surface area (Å²) in [6.45, 7) is 1.81. The van der Waals surface area contributed by atoms with Crippen molar-refractivity contribution in [1.29, 1.82) is 0 Å². The number of rotatable bonds is 4. The van der Waals surface area contributed by atoms with Gasteiger partial charge in [0.1, 0.15) is 11.2 Å². The average molecular weight is 369 g/mol. The second-order valence-corrected chi connectivity index (χ2v) is 5.32. The highest BCUT2D eigenvalue weighted by Gasteiger charge is 2.32. The molecule has 1 N–H and O–H groups in total. The molecule has 2 heterocycles. The van der Waals surface area contributed by atoms with E-state index < -0.39 is 23.8 Å². The van der Waals surface area contributed by atoms with Gasteiger partial charge < -0.3 is 10.1 Å². The standard InChI is InChI=1S/C15H11F4N5O2/c1-8-4-12-11(22-23-24(12)21-6-8)7-20-14(25)9-2-3-13(10(16)5-9)26-15(17,18)19/h2-6H,7H2,1H3,(H,20,25). The Hall–Kier alpha value is -3.24. The van der Waals surface area contributed by atoms with E-state index in [9.17, 15) is 22.4 Å². The molecule has 0 aliphatic rings. The van der Waals surface area contributed by atoms with Crippen LogP contribution in [-0.4, -0.2) is 32.3 Å². The summed E-state index contributed by atoms with van der Waals surface area (Å²) in [6.07, 6.45) is -3.43. The Balaban J connectivity index is 1.71. The zero-order valence-electron chi connectivity index (χ0n) is 13.2. The maximum Gasteiger partial charge on any atom is 0.573 e. The number of amides is 1. The Morgan fingerprint density at radius 3 is 2.77 bits per heavy atom. The number of benzene rings is 1. The molecule has 0 fully saturated rings. The molecule has 0 aliphatic carbocycles. The quantitative estimate of drug-likeness (QED) is 0.715. The highest BCUT2D eigenvalue weighted by atomic mass is 19.4. The number of carbonyl (C=O) groups excluding carboxylic acids is 1. The molecule has 1 aromatic carbocycles. The third-order valence-electron chi connectivity index (χ3n) is 3.33. The van der Waals surface area contributed by atoms with Crippen LogP contribution in [0.15, 0.2) is 30.5 Å². The van der Waals surface area contributed by atoms with Gasteiger partial charge in [-0.3, -0.25) is 4.79 Å². The van der Waals surface area contributed by atoms with Crippen molar-refractivity contribution in [2.75, 3.05) is 0 Å². The van der Waals surface area contributed by atoms with E-state index in [0.29, 0.717) is 17.3 Å². The number of carbonyl (C=O) groups is 1. The highest BCUT2D eigenvalue weighted by molar-refractivity contribution is 5.94. The van der Waals surface area contributed by atoms with Crippen molar-refractivity contribution in [3.63, 3.8) is 0 Å². The Kier molecular flexibility index (Phi) is 4.45. The van der Waals surface area contributed by atoms with E-state index >= 15 is 0 Å². The summed E-state index contributed by atoms with van der Waals surface area (Å²) >= 11 is 0. The first-order valence-corrected chi connectivity index (χ1v) is 7.23. The monoisotopic (exact) mass is 369 g/mol. The molecule has 11 heteroatoms. The van der Waals surface area contributed by atoms with Gasteiger partial charge in [-0.25, -0.2) is 4.39 Å². The molecule has 136 valence electrons. The summed E-state index contributed by atoms with van der Waals surface area (Å²) in [7, 11) is 0. The van der Waals surface area contributed by atoms with Crippen LogP contribution < -0.4 is 10.1 Å². The van der Waals surface area contributed by atoms with Gasteiger partial charge in [0.15, 0.2) is 11.6 Å². The first-order chi connectivity index (χ1) is 12.2. The fourth-order valence-corrected chi connectivity index (χ4v) is 2.18. The minimum Gasteiger partial charge on any atom is -0.403 e. The van der Waals surface area contributed by atoms with E-state index in [1.807, 2.05) is 6.92 Å². The summed E-state index contributed by atoms with van der Waals surface area (Å²) in [5, 5.41) is 14.2. The van der Waals surface area contributed by atoms with Crippen LogP contribution in [0.2, 0.25) is 0 Å². The van der Waals surface area contributed by atoms with Gasteiger partial charge in [0.05, 0.1) is 12.7 Å². The Bertz CT molecular complexity index is 970. The SMILES string of the molecule is Cc1cnn2nnc(CNC(=O)c3ccc(OC(F)(F)F)c(F)c3)c2c1. The van der Waals surface area contributed by atoms with Gasteiger partial charge in [0.25, 0.3) is 5.91 Å². The number of hydrogen-bond acceptors (Lipinski definition) is 5. The van der Waals surface area contributed by atoms with Crippen molar-refractivity contribution < 1.29 is 27.1 Å². The molecule has 0 saturated heterocycles. The molecule has 0 unspecified atom stereocenters. The fraction of sp³-hybridized carbons (Fsp3) is 0.200. The Morgan fingerprint density at radius 2 is 2.08 bits per heavy atom. The molecule has 26 heavy (non-hydrogen) atoms. The number of fused-ring (bicyclic) bond motifs is 1. The minimum absolute atomic E-state index is 0.0180. The fourth-order valence-electron chi connectivity index (χ4n) is 2.18. The van der Waals surface area contributed by atoms with Gasteiger partial charge in [0, 0.05) is 5.56 Å². The lowest BCUT2D eigenvalue weighted by Crippen LogP contribution is -2.23. The van der Waals surface area contributed by atoms with Crippen LogP contribution in [0.25, 0.3) is 5.52 Å². The van der Waals surface area contributed by atoms with Gasteiger partial charge in [-0.15, -0.1) is 22.9 Å². The van der Waals surface area contributed by atoms with Crippen molar-refractivity contribution in [3.05, 3.63) is 53.1 Å². The number of halogens is 4. The normalized spacial score (nSPS) is 11.6. The largest absolute Gasteiger partial charge is 0.573 e. The molecule has 0 saturated carbocycles. The topological polar surface area (TPSA) is 81.4 Å². The Morgan fingerprint density at radius 1 is 1.31 bits per heavy atom. The van der Waals surface area contributed by atoms with E-state index in [1.165, 1.54) is 4.63 Å². The van der Waals surface area contributed by atoms with E-state index in [0.717, 1.165) is 17.7 Å². The van der Waals surface area contributed by atoms with E-state index in [-0.39, 0.29) is 12.1 Å². The van der Waals surface area contributed by atoms with Gasteiger partial charge in [-0.2, -0.15) is 5.10 Å². The molecular weight excluding hydrogens is 358 g/mol. The summed E-state index contributed by atoms with van der Waals surface area (Å²) in [5.41, 5.74) is 1.73. The molecular formula is C15H11F4N5O2. The molecule has 0 bridgehead atoms. The second-order valence-electron chi connectivity index (χ2n) is 5.32. The van der Waals surface area contributed by atoms with Gasteiger partial charge in [-0.1, -0.05) is 0 Å². The Labute approximate surface area is 143 Å². The lowest BCUT2D eigenvalue weighted by Gasteiger charge is -2.10. The van der Waals surface area contributed by atoms with E-state index in [4.69, 9.17) is 0 Å². The maximum atomic E-state index is 13.7. The lowest BCUT2D eigenvalue weighted by atomic mass is 10.2. The zero-order valence-corrected chi connectivity index (χ0v) is 13.2. The van der Waals surface area contributed by atoms with Crippen LogP contribution in [0.5, 0.6) is 5.75 Å². The van der Waals surface area contributed by atoms with Crippen molar-refractivity contribution in [2.45, 2.75) is 19.8 Å². The molecule has 0 radical (unpaired) electrons. The predicted octanol–water partition coefficient (Wildman–Crippen LogP) is 2.40. The van der Waals surface area contributed by atoms with Gasteiger partial charge >= 0.3 is 6.36 Å². The van der Waals surface area contributed by atoms with Crippen molar-refractivity contribution in [1.82, 2.24) is 25.4 Å². The second kappa shape index (κ2) is 6.58. The van der Waals surface area contributed by atoms with Gasteiger partial charge in [0.2, 0.25) is 0 Å². The average Bonchev–Trinajstić information content (AvgIpc) is 2.95. The number of aryl methyl sites for hydroxylation is 1. The van der Waals surface area contributed by atoms with Crippen LogP contribution in [0.4, 0.5) is 17.6 Å². The maximum absolute atomic E-state index is 13.7. The van der Waals surface area contributed by atoms with Crippen molar-refractivity contribution >= 4 is 11.4 Å². The van der Waals surface area contributed by atoms with Crippen LogP contribution in [0.3, 0.4) is 0 Å². The number of hydrogen-bond donors (Lipinski definition) is 1. The smallest absolute Gasteiger partial charge is 0.403 e. The van der Waals surface area contributed by atoms with Crippen LogP contribution in [-0.2, 0) is 6.54 Å². The highest BCUT2D eigenvalue weighted by Crippen LogP contribution is 2.26. The molecule has 3 aromatic rings. The predicted molar refractivity (Wildman–Crippen MR) is 79.8 cm³/mol. The summed E-state index contributed by atoms with van der Waals surface area (Å²) in [6, 6.07) is 4.19. The third kappa shape index (κ3) is 3.87. The molecule has 0 spiro atoms. The number of alkyl halides is 3. The first-order valence-electron chi connectivity index (χ1n) is 7.23. The first kappa shape index (κ1) is 17.6. The number of nitrogens with zero attached hydrogens (tertiary/aromatic N) is 4. The minimum atomic E-state index is -5.02. The molecule has 0 atom stereocenters. The third-order valence-corrected chi connectivity index (χ3v) is 3.33. The molecule has 0 aliphatic heterocycles. The molecule has 2 aromatic heterocycles. The summed E-state index contributed by atoms with van der Waals surface area (Å²) in [4.78, 5) is 12.1. The molecule has 1 amide bonds. The van der Waals surface area contributed by atoms with E-state index in [1.54, 1.807) is 12.3 Å². The lowest BCUT2D eigenvalue weighted by molar-refractivity contribution is -0.275. The van der Waals surface area contributed by atoms with Gasteiger partial charge in [-0.05, 0) is 42.0 Å². The van der Waals surface area contributed by atoms with Crippen LogP contribution in [0.1, 0.15) is 21.6 Å². The number of nitrogens with one attached hydrogen (secondary N) is 1. The zero-order chi connectivity index (χ0) is 18.9. The van der Waals surface area contributed by atoms with Crippen molar-refractivity contribution in [3.8, 4) is 5.75 Å². The molecule has 3 rings (SSSR count). The molecule has 7 nitrogen and oxygen atoms in total. The summed E-state index contributed by atoms with van der Waals surface area (Å²) < 4.78 is 54.8. The van der Waals surface area contributed by atoms with Crippen LogP contribution in [0, 0.1) is 12.7 Å². The summed E-state index contributed by atoms with van der Waals surface area (Å²) in [5.74, 6) is -3.01. The number of ether oxygens (including phenoxy) is 1. The van der Waals surface area contributed by atoms with E-state index in [2.05, 4.69) is 25.5 Å². The number of aromatic nitrogens is 4.